The second-order valence-electron chi connectivity index (χ2n) is 17.1. The summed E-state index contributed by atoms with van der Waals surface area (Å²) in [6.07, 6.45) is 0. The fourth-order valence-corrected chi connectivity index (χ4v) is 9.93. The van der Waals surface area contributed by atoms with Gasteiger partial charge in [-0.05, 0) is 97.7 Å². The predicted molar refractivity (Wildman–Crippen MR) is 261 cm³/mol. The number of benzene rings is 9. The van der Waals surface area contributed by atoms with Crippen LogP contribution in [0.1, 0.15) is 30.5 Å². The highest BCUT2D eigenvalue weighted by molar-refractivity contribution is 6.12. The van der Waals surface area contributed by atoms with Crippen LogP contribution in [0, 0.1) is 11.3 Å². The van der Waals surface area contributed by atoms with Gasteiger partial charge in [-0.2, -0.15) is 5.26 Å². The molecule has 1 aliphatic carbocycles. The minimum atomic E-state index is -0.181. The largest absolute Gasteiger partial charge is 0.309 e. The number of rotatable bonds is 6. The third-order valence-corrected chi connectivity index (χ3v) is 13.1. The van der Waals surface area contributed by atoms with Gasteiger partial charge in [0, 0.05) is 38.6 Å². The summed E-state index contributed by atoms with van der Waals surface area (Å²) >= 11 is 0. The predicted octanol–water partition coefficient (Wildman–Crippen LogP) is 14.6. The van der Waals surface area contributed by atoms with Crippen LogP contribution in [0.15, 0.2) is 200 Å². The summed E-state index contributed by atoms with van der Waals surface area (Å²) < 4.78 is 2.39. The van der Waals surface area contributed by atoms with Gasteiger partial charge >= 0.3 is 0 Å². The highest BCUT2D eigenvalue weighted by Crippen LogP contribution is 2.51. The Bertz CT molecular complexity index is 3700. The Morgan fingerprint density at radius 2 is 1.05 bits per heavy atom. The molecule has 0 unspecified atom stereocenters. The van der Waals surface area contributed by atoms with Crippen molar-refractivity contribution >= 4 is 32.6 Å². The zero-order valence-corrected chi connectivity index (χ0v) is 35.3. The van der Waals surface area contributed by atoms with E-state index in [-0.39, 0.29) is 5.41 Å². The van der Waals surface area contributed by atoms with Gasteiger partial charge in [0.05, 0.1) is 22.7 Å². The van der Waals surface area contributed by atoms with Crippen molar-refractivity contribution in [1.29, 1.82) is 5.26 Å². The Morgan fingerprint density at radius 1 is 0.406 bits per heavy atom. The van der Waals surface area contributed by atoms with Gasteiger partial charge < -0.3 is 4.57 Å². The third-order valence-electron chi connectivity index (χ3n) is 13.1. The molecule has 300 valence electrons. The van der Waals surface area contributed by atoms with Crippen LogP contribution in [0.4, 0.5) is 0 Å². The lowest BCUT2D eigenvalue weighted by atomic mass is 9.82. The van der Waals surface area contributed by atoms with E-state index in [0.29, 0.717) is 23.0 Å². The van der Waals surface area contributed by atoms with Gasteiger partial charge in [-0.3, -0.25) is 0 Å². The van der Waals surface area contributed by atoms with Crippen LogP contribution in [-0.2, 0) is 5.41 Å². The highest BCUT2D eigenvalue weighted by atomic mass is 15.0. The average Bonchev–Trinajstić information content (AvgIpc) is 3.80. The van der Waals surface area contributed by atoms with Crippen LogP contribution in [-0.4, -0.2) is 19.5 Å². The van der Waals surface area contributed by atoms with Crippen LogP contribution in [0.25, 0.3) is 106 Å². The van der Waals surface area contributed by atoms with E-state index in [1.54, 1.807) is 0 Å². The molecule has 9 aromatic carbocycles. The molecule has 11 aromatic rings. The fraction of sp³-hybridized carbons (Fsp3) is 0.0508. The second kappa shape index (κ2) is 14.6. The Balaban J connectivity index is 1.14. The van der Waals surface area contributed by atoms with Crippen molar-refractivity contribution in [2.24, 2.45) is 0 Å². The van der Waals surface area contributed by atoms with Crippen molar-refractivity contribution in [3.63, 3.8) is 0 Å². The molecule has 0 saturated heterocycles. The van der Waals surface area contributed by atoms with E-state index in [1.165, 1.54) is 33.0 Å². The molecular formula is C59H39N5. The molecule has 0 fully saturated rings. The molecule has 0 spiro atoms. The number of para-hydroxylation sites is 1. The lowest BCUT2D eigenvalue weighted by Gasteiger charge is -2.22. The van der Waals surface area contributed by atoms with Crippen LogP contribution < -0.4 is 0 Å². The summed E-state index contributed by atoms with van der Waals surface area (Å²) in [6, 6.07) is 72.5. The Labute approximate surface area is 371 Å². The first-order valence-corrected chi connectivity index (χ1v) is 21.7. The van der Waals surface area contributed by atoms with Crippen LogP contribution in [0.3, 0.4) is 0 Å². The lowest BCUT2D eigenvalue weighted by molar-refractivity contribution is 0.661. The van der Waals surface area contributed by atoms with Crippen molar-refractivity contribution in [2.75, 3.05) is 0 Å². The average molecular weight is 818 g/mol. The summed E-state index contributed by atoms with van der Waals surface area (Å²) in [7, 11) is 0. The molecule has 2 heterocycles. The summed E-state index contributed by atoms with van der Waals surface area (Å²) in [5.41, 5.74) is 15.3. The minimum absolute atomic E-state index is 0.181. The number of nitriles is 1. The lowest BCUT2D eigenvalue weighted by Crippen LogP contribution is -2.15. The molecule has 5 nitrogen and oxygen atoms in total. The summed E-state index contributed by atoms with van der Waals surface area (Å²) in [4.78, 5) is 15.7. The standard InChI is InChI=1S/C59H39N5/c1-59(2)52-26-13-11-23-47(52)50-34-51-48-24-12-14-27-54(48)64(55(51)35-53(50)59)44-32-41(40-28-29-45(43(30-40)36-60)37-16-5-3-6-17-37)31-42(33-44)57-61-56(39-19-7-4-8-20-39)62-58(63-57)49-25-15-21-38-18-9-10-22-46(38)49/h3-35H,1-2H3. The summed E-state index contributed by atoms with van der Waals surface area (Å²) in [5, 5.41) is 15.1. The maximum absolute atomic E-state index is 10.6. The molecule has 0 atom stereocenters. The van der Waals surface area contributed by atoms with E-state index in [9.17, 15) is 5.26 Å². The first-order valence-electron chi connectivity index (χ1n) is 21.7. The zero-order chi connectivity index (χ0) is 42.9. The van der Waals surface area contributed by atoms with E-state index >= 15 is 0 Å². The summed E-state index contributed by atoms with van der Waals surface area (Å²) in [6.45, 7) is 4.67. The van der Waals surface area contributed by atoms with Crippen LogP contribution in [0.5, 0.6) is 0 Å². The monoisotopic (exact) mass is 817 g/mol. The van der Waals surface area contributed by atoms with Gasteiger partial charge in [-0.25, -0.2) is 15.0 Å². The van der Waals surface area contributed by atoms with Gasteiger partial charge in [0.2, 0.25) is 0 Å². The van der Waals surface area contributed by atoms with Gasteiger partial charge in [0.25, 0.3) is 0 Å². The van der Waals surface area contributed by atoms with E-state index in [2.05, 4.69) is 158 Å². The van der Waals surface area contributed by atoms with Crippen molar-refractivity contribution in [2.45, 2.75) is 19.3 Å². The molecular weight excluding hydrogens is 779 g/mol. The molecule has 2 aromatic heterocycles. The smallest absolute Gasteiger partial charge is 0.164 e. The SMILES string of the molecule is CC1(C)c2ccccc2-c2cc3c4ccccc4n(-c4cc(-c5ccc(-c6ccccc6)c(C#N)c5)cc(-c5nc(-c6ccccc6)nc(-c6cccc7ccccc67)n5)c4)c3cc21. The van der Waals surface area contributed by atoms with E-state index < -0.39 is 0 Å². The van der Waals surface area contributed by atoms with Crippen molar-refractivity contribution in [1.82, 2.24) is 19.5 Å². The molecule has 5 heteroatoms. The van der Waals surface area contributed by atoms with Crippen LogP contribution in [0.2, 0.25) is 0 Å². The summed E-state index contributed by atoms with van der Waals surface area (Å²) in [5.74, 6) is 1.74. The van der Waals surface area contributed by atoms with Gasteiger partial charge in [0.15, 0.2) is 17.5 Å². The number of hydrogen-bond acceptors (Lipinski definition) is 4. The fourth-order valence-electron chi connectivity index (χ4n) is 9.93. The van der Waals surface area contributed by atoms with E-state index in [4.69, 9.17) is 15.0 Å². The van der Waals surface area contributed by atoms with Crippen molar-refractivity contribution in [3.05, 3.63) is 217 Å². The van der Waals surface area contributed by atoms with E-state index in [0.717, 1.165) is 66.4 Å². The molecule has 12 rings (SSSR count). The van der Waals surface area contributed by atoms with Gasteiger partial charge in [0.1, 0.15) is 0 Å². The number of fused-ring (bicyclic) bond motifs is 7. The molecule has 0 aliphatic heterocycles. The molecule has 0 saturated carbocycles. The molecule has 0 radical (unpaired) electrons. The normalized spacial score (nSPS) is 12.6. The maximum atomic E-state index is 10.6. The van der Waals surface area contributed by atoms with Crippen molar-refractivity contribution in [3.8, 4) is 79.3 Å². The zero-order valence-electron chi connectivity index (χ0n) is 35.3. The molecule has 0 amide bonds. The number of nitrogens with zero attached hydrogens (tertiary/aromatic N) is 5. The second-order valence-corrected chi connectivity index (χ2v) is 17.1. The maximum Gasteiger partial charge on any atom is 0.164 e. The Morgan fingerprint density at radius 3 is 1.86 bits per heavy atom. The Kier molecular flexibility index (Phi) is 8.50. The number of aromatic nitrogens is 4. The first-order chi connectivity index (χ1) is 31.4. The van der Waals surface area contributed by atoms with Crippen LogP contribution >= 0.6 is 0 Å². The number of hydrogen-bond donors (Lipinski definition) is 0. The van der Waals surface area contributed by atoms with Crippen molar-refractivity contribution < 1.29 is 0 Å². The Hall–Kier alpha value is -8.46. The molecule has 64 heavy (non-hydrogen) atoms. The van der Waals surface area contributed by atoms with Gasteiger partial charge in [-0.1, -0.05) is 172 Å². The van der Waals surface area contributed by atoms with Gasteiger partial charge in [-0.15, -0.1) is 0 Å². The topological polar surface area (TPSA) is 67.4 Å². The van der Waals surface area contributed by atoms with E-state index in [1.807, 2.05) is 66.7 Å². The molecule has 0 bridgehead atoms. The minimum Gasteiger partial charge on any atom is -0.309 e. The quantitative estimate of drug-likeness (QED) is 0.168. The molecule has 1 aliphatic rings. The first kappa shape index (κ1) is 37.3. The highest BCUT2D eigenvalue weighted by Gasteiger charge is 2.36. The molecule has 0 N–H and O–H groups in total. The third kappa shape index (κ3) is 5.95.